The summed E-state index contributed by atoms with van der Waals surface area (Å²) in [7, 11) is -3.62. The number of ether oxygens (including phenoxy) is 2. The van der Waals surface area contributed by atoms with Gasteiger partial charge in [0.25, 0.3) is 10.1 Å². The minimum Gasteiger partial charge on any atom is -0.343 e. The molecule has 110 valence electrons. The van der Waals surface area contributed by atoms with E-state index < -0.39 is 28.1 Å². The lowest BCUT2D eigenvalue weighted by atomic mass is 10.0. The Bertz CT molecular complexity index is 474. The molecule has 3 atom stereocenters. The van der Waals surface area contributed by atoms with Crippen LogP contribution in [-0.4, -0.2) is 62.7 Å². The SMILES string of the molecule is CC(=O)N1C[C@@H]2OC(C)(C)O[C@@H]2[C@H](OS(C)(=O)=O)C1. The zero-order chi connectivity index (χ0) is 14.4. The maximum atomic E-state index is 11.5. The van der Waals surface area contributed by atoms with Gasteiger partial charge in [-0.3, -0.25) is 8.98 Å². The van der Waals surface area contributed by atoms with Crippen LogP contribution in [0.25, 0.3) is 0 Å². The summed E-state index contributed by atoms with van der Waals surface area (Å²) in [6.07, 6.45) is -0.616. The molecule has 2 fully saturated rings. The van der Waals surface area contributed by atoms with E-state index in [4.69, 9.17) is 13.7 Å². The Morgan fingerprint density at radius 2 is 1.95 bits per heavy atom. The summed E-state index contributed by atoms with van der Waals surface area (Å²) < 4.78 is 39.0. The Kier molecular flexibility index (Phi) is 3.63. The standard InChI is InChI=1S/C11H19NO6S/c1-7(13)12-5-8-10(17-11(2,3)16-8)9(6-12)18-19(4,14)15/h8-10H,5-6H2,1-4H3/t8-,9+,10-/m0/s1. The van der Waals surface area contributed by atoms with E-state index in [9.17, 15) is 13.2 Å². The minimum atomic E-state index is -3.62. The van der Waals surface area contributed by atoms with Crippen molar-refractivity contribution in [2.24, 2.45) is 0 Å². The van der Waals surface area contributed by atoms with Crippen LogP contribution in [0.5, 0.6) is 0 Å². The first kappa shape index (κ1) is 14.7. The number of carbonyl (C=O) groups is 1. The third-order valence-electron chi connectivity index (χ3n) is 3.13. The molecule has 2 aliphatic rings. The van der Waals surface area contributed by atoms with E-state index in [1.165, 1.54) is 11.8 Å². The highest BCUT2D eigenvalue weighted by Crippen LogP contribution is 2.34. The summed E-state index contributed by atoms with van der Waals surface area (Å²) in [5, 5.41) is 0. The molecule has 0 radical (unpaired) electrons. The van der Waals surface area contributed by atoms with Crippen LogP contribution in [0.2, 0.25) is 0 Å². The number of hydrogen-bond donors (Lipinski definition) is 0. The Morgan fingerprint density at radius 3 is 2.47 bits per heavy atom. The molecule has 0 unspecified atom stereocenters. The van der Waals surface area contributed by atoms with Crippen LogP contribution in [-0.2, 0) is 28.6 Å². The van der Waals surface area contributed by atoms with Gasteiger partial charge in [0.05, 0.1) is 12.8 Å². The van der Waals surface area contributed by atoms with E-state index in [-0.39, 0.29) is 18.6 Å². The number of rotatable bonds is 2. The van der Waals surface area contributed by atoms with Gasteiger partial charge in [-0.15, -0.1) is 0 Å². The van der Waals surface area contributed by atoms with Crippen molar-refractivity contribution in [3.8, 4) is 0 Å². The predicted octanol–water partition coefficient (Wildman–Crippen LogP) is -0.287. The van der Waals surface area contributed by atoms with Gasteiger partial charge in [0.1, 0.15) is 18.3 Å². The topological polar surface area (TPSA) is 82.1 Å². The molecular formula is C11H19NO6S. The van der Waals surface area contributed by atoms with Crippen LogP contribution in [0.15, 0.2) is 0 Å². The maximum absolute atomic E-state index is 11.5. The van der Waals surface area contributed by atoms with Crippen molar-refractivity contribution in [3.05, 3.63) is 0 Å². The molecule has 0 N–H and O–H groups in total. The molecule has 8 heteroatoms. The van der Waals surface area contributed by atoms with E-state index >= 15 is 0 Å². The molecule has 2 heterocycles. The quantitative estimate of drug-likeness (QED) is 0.651. The van der Waals surface area contributed by atoms with Gasteiger partial charge < -0.3 is 14.4 Å². The van der Waals surface area contributed by atoms with E-state index in [1.54, 1.807) is 13.8 Å². The fourth-order valence-corrected chi connectivity index (χ4v) is 3.12. The fraction of sp³-hybridized carbons (Fsp3) is 0.909. The molecular weight excluding hydrogens is 274 g/mol. The molecule has 2 aliphatic heterocycles. The summed E-state index contributed by atoms with van der Waals surface area (Å²) >= 11 is 0. The normalized spacial score (nSPS) is 34.1. The molecule has 19 heavy (non-hydrogen) atoms. The number of nitrogens with zero attached hydrogens (tertiary/aromatic N) is 1. The van der Waals surface area contributed by atoms with E-state index in [0.717, 1.165) is 6.26 Å². The Balaban J connectivity index is 2.21. The smallest absolute Gasteiger partial charge is 0.264 e. The lowest BCUT2D eigenvalue weighted by Gasteiger charge is -2.37. The van der Waals surface area contributed by atoms with Crippen molar-refractivity contribution in [1.82, 2.24) is 4.90 Å². The number of piperidine rings is 1. The number of hydrogen-bond acceptors (Lipinski definition) is 6. The van der Waals surface area contributed by atoms with Crippen LogP contribution in [0.3, 0.4) is 0 Å². The van der Waals surface area contributed by atoms with Gasteiger partial charge in [0.15, 0.2) is 5.79 Å². The van der Waals surface area contributed by atoms with Gasteiger partial charge in [0, 0.05) is 13.5 Å². The maximum Gasteiger partial charge on any atom is 0.264 e. The third kappa shape index (κ3) is 3.44. The predicted molar refractivity (Wildman–Crippen MR) is 65.8 cm³/mol. The first-order valence-electron chi connectivity index (χ1n) is 6.07. The third-order valence-corrected chi connectivity index (χ3v) is 3.73. The Hall–Kier alpha value is -0.700. The van der Waals surface area contributed by atoms with Crippen molar-refractivity contribution in [2.75, 3.05) is 19.3 Å². The van der Waals surface area contributed by atoms with Crippen molar-refractivity contribution in [2.45, 2.75) is 44.9 Å². The summed E-state index contributed by atoms with van der Waals surface area (Å²) in [6, 6.07) is 0. The monoisotopic (exact) mass is 293 g/mol. The summed E-state index contributed by atoms with van der Waals surface area (Å²) in [6.45, 7) is 5.50. The number of likely N-dealkylation sites (tertiary alicyclic amines) is 1. The van der Waals surface area contributed by atoms with E-state index in [2.05, 4.69) is 0 Å². The number of fused-ring (bicyclic) bond motifs is 1. The average molecular weight is 293 g/mol. The average Bonchev–Trinajstić information content (AvgIpc) is 2.49. The summed E-state index contributed by atoms with van der Waals surface area (Å²) in [5.41, 5.74) is 0. The van der Waals surface area contributed by atoms with Crippen molar-refractivity contribution >= 4 is 16.0 Å². The van der Waals surface area contributed by atoms with Crippen LogP contribution in [0, 0.1) is 0 Å². The second kappa shape index (κ2) is 4.69. The van der Waals surface area contributed by atoms with Gasteiger partial charge >= 0.3 is 0 Å². The molecule has 0 aromatic rings. The molecule has 2 saturated heterocycles. The second-order valence-corrected chi connectivity index (χ2v) is 7.00. The number of amides is 1. The molecule has 0 aromatic carbocycles. The highest BCUT2D eigenvalue weighted by atomic mass is 32.2. The molecule has 2 rings (SSSR count). The highest BCUT2D eigenvalue weighted by Gasteiger charge is 2.50. The lowest BCUT2D eigenvalue weighted by molar-refractivity contribution is -0.150. The van der Waals surface area contributed by atoms with Crippen molar-refractivity contribution in [1.29, 1.82) is 0 Å². The fourth-order valence-electron chi connectivity index (χ4n) is 2.50. The van der Waals surface area contributed by atoms with Gasteiger partial charge in [-0.1, -0.05) is 0 Å². The van der Waals surface area contributed by atoms with Crippen LogP contribution >= 0.6 is 0 Å². The molecule has 7 nitrogen and oxygen atoms in total. The van der Waals surface area contributed by atoms with Crippen LogP contribution in [0.4, 0.5) is 0 Å². The molecule has 0 bridgehead atoms. The minimum absolute atomic E-state index is 0.145. The van der Waals surface area contributed by atoms with Gasteiger partial charge in [0.2, 0.25) is 5.91 Å². The molecule has 1 amide bonds. The molecule has 0 aromatic heterocycles. The van der Waals surface area contributed by atoms with Gasteiger partial charge in [-0.2, -0.15) is 8.42 Å². The molecule has 0 aliphatic carbocycles. The van der Waals surface area contributed by atoms with Crippen molar-refractivity contribution < 1.29 is 26.9 Å². The first-order chi connectivity index (χ1) is 8.57. The van der Waals surface area contributed by atoms with E-state index in [1.807, 2.05) is 0 Å². The summed E-state index contributed by atoms with van der Waals surface area (Å²) in [5.74, 6) is -0.949. The van der Waals surface area contributed by atoms with E-state index in [0.29, 0.717) is 6.54 Å². The van der Waals surface area contributed by atoms with Gasteiger partial charge in [-0.05, 0) is 13.8 Å². The zero-order valence-electron chi connectivity index (χ0n) is 11.5. The lowest BCUT2D eigenvalue weighted by Crippen LogP contribution is -2.56. The van der Waals surface area contributed by atoms with Gasteiger partial charge in [-0.25, -0.2) is 0 Å². The molecule has 0 spiro atoms. The molecule has 0 saturated carbocycles. The summed E-state index contributed by atoms with van der Waals surface area (Å²) in [4.78, 5) is 13.0. The highest BCUT2D eigenvalue weighted by molar-refractivity contribution is 7.86. The van der Waals surface area contributed by atoms with Crippen LogP contribution in [0.1, 0.15) is 20.8 Å². The van der Waals surface area contributed by atoms with Crippen molar-refractivity contribution in [3.63, 3.8) is 0 Å². The Morgan fingerprint density at radius 1 is 1.32 bits per heavy atom. The Labute approximate surface area is 112 Å². The number of carbonyl (C=O) groups excluding carboxylic acids is 1. The first-order valence-corrected chi connectivity index (χ1v) is 7.88. The largest absolute Gasteiger partial charge is 0.343 e. The zero-order valence-corrected chi connectivity index (χ0v) is 12.3. The van der Waals surface area contributed by atoms with Crippen LogP contribution < -0.4 is 0 Å². The second-order valence-electron chi connectivity index (χ2n) is 5.40.